The Morgan fingerprint density at radius 3 is 3.09 bits per heavy atom. The van der Waals surface area contributed by atoms with Crippen molar-refractivity contribution in [3.8, 4) is 5.75 Å². The second-order valence-corrected chi connectivity index (χ2v) is 7.44. The van der Waals surface area contributed by atoms with Crippen LogP contribution in [0.2, 0.25) is 0 Å². The number of fused-ring (bicyclic) bond motifs is 1. The molecule has 0 amide bonds. The van der Waals surface area contributed by atoms with Gasteiger partial charge in [-0.05, 0) is 68.3 Å². The van der Waals surface area contributed by atoms with Crippen LogP contribution in [0.3, 0.4) is 0 Å². The van der Waals surface area contributed by atoms with E-state index >= 15 is 0 Å². The van der Waals surface area contributed by atoms with E-state index in [0.29, 0.717) is 17.2 Å². The lowest BCUT2D eigenvalue weighted by Crippen LogP contribution is -2.60. The minimum Gasteiger partial charge on any atom is -0.508 e. The Morgan fingerprint density at radius 1 is 1.32 bits per heavy atom. The summed E-state index contributed by atoms with van der Waals surface area (Å²) in [4.78, 5) is 2.71. The van der Waals surface area contributed by atoms with Crippen LogP contribution in [0.4, 0.5) is 0 Å². The van der Waals surface area contributed by atoms with Crippen molar-refractivity contribution < 1.29 is 5.11 Å². The van der Waals surface area contributed by atoms with Crippen molar-refractivity contribution in [3.63, 3.8) is 0 Å². The third kappa shape index (κ3) is 2.04. The van der Waals surface area contributed by atoms with Crippen LogP contribution in [0, 0.1) is 5.92 Å². The van der Waals surface area contributed by atoms with Crippen LogP contribution in [-0.2, 0) is 11.8 Å². The Bertz CT molecular complexity index is 593. The van der Waals surface area contributed by atoms with E-state index < -0.39 is 0 Å². The van der Waals surface area contributed by atoms with Gasteiger partial charge in [0.1, 0.15) is 5.75 Å². The van der Waals surface area contributed by atoms with Crippen LogP contribution in [0.15, 0.2) is 30.4 Å². The Hall–Kier alpha value is -1.28. The zero-order valence-corrected chi connectivity index (χ0v) is 13.6. The topological polar surface area (TPSA) is 23.5 Å². The van der Waals surface area contributed by atoms with Crippen molar-refractivity contribution in [1.29, 1.82) is 0 Å². The molecule has 2 aliphatic carbocycles. The second-order valence-electron chi connectivity index (χ2n) is 7.44. The molecule has 2 nitrogen and oxygen atoms in total. The molecule has 1 aromatic rings. The number of likely N-dealkylation sites (tertiary alicyclic amines) is 1. The molecule has 22 heavy (non-hydrogen) atoms. The molecule has 0 radical (unpaired) electrons. The number of allylic oxidation sites excluding steroid dienone is 1. The highest BCUT2D eigenvalue weighted by Gasteiger charge is 2.53. The lowest BCUT2D eigenvalue weighted by molar-refractivity contribution is -0.00522. The molecule has 1 aromatic carbocycles. The van der Waals surface area contributed by atoms with Crippen LogP contribution < -0.4 is 0 Å². The van der Waals surface area contributed by atoms with E-state index in [1.807, 2.05) is 6.07 Å². The number of piperidine rings is 1. The summed E-state index contributed by atoms with van der Waals surface area (Å²) in [5.41, 5.74) is 3.33. The Morgan fingerprint density at radius 2 is 2.23 bits per heavy atom. The molecule has 0 unspecified atom stereocenters. The summed E-state index contributed by atoms with van der Waals surface area (Å²) in [5.74, 6) is 1.24. The predicted molar refractivity (Wildman–Crippen MR) is 90.2 cm³/mol. The standard InChI is InChI=1S/C20H27NO/c1-2-3-11-21-12-10-20-9-5-4-6-17(20)19(21)13-15-7-8-16(22)14-18(15)20/h2-3,7-8,14,17,19,22H,4-6,9-13H2,1H3/b3-2+/t17-,19-,20+/m0/s1. The van der Waals surface area contributed by atoms with Crippen molar-refractivity contribution in [2.24, 2.45) is 5.92 Å². The third-order valence-electron chi connectivity index (χ3n) is 6.51. The number of benzene rings is 1. The van der Waals surface area contributed by atoms with Gasteiger partial charge in [0.15, 0.2) is 0 Å². The summed E-state index contributed by atoms with van der Waals surface area (Å²) in [6.07, 6.45) is 12.3. The molecule has 1 saturated heterocycles. The normalized spacial score (nSPS) is 34.4. The van der Waals surface area contributed by atoms with Crippen molar-refractivity contribution >= 4 is 0 Å². The minimum atomic E-state index is 0.349. The lowest BCUT2D eigenvalue weighted by Gasteiger charge is -2.59. The number of hydrogen-bond donors (Lipinski definition) is 1. The highest BCUT2D eigenvalue weighted by atomic mass is 16.3. The Balaban J connectivity index is 1.78. The fourth-order valence-electron chi connectivity index (χ4n) is 5.54. The van der Waals surface area contributed by atoms with Crippen LogP contribution in [0.1, 0.15) is 50.2 Å². The van der Waals surface area contributed by atoms with Gasteiger partial charge in [0.05, 0.1) is 0 Å². The minimum absolute atomic E-state index is 0.349. The van der Waals surface area contributed by atoms with Crippen molar-refractivity contribution in [3.05, 3.63) is 41.5 Å². The number of aromatic hydroxyl groups is 1. The van der Waals surface area contributed by atoms with Crippen LogP contribution >= 0.6 is 0 Å². The molecular formula is C20H27NO. The molecule has 1 aliphatic heterocycles. The number of nitrogens with zero attached hydrogens (tertiary/aromatic N) is 1. The Labute approximate surface area is 133 Å². The van der Waals surface area contributed by atoms with Crippen molar-refractivity contribution in [2.45, 2.75) is 56.9 Å². The summed E-state index contributed by atoms with van der Waals surface area (Å²) < 4.78 is 0. The molecule has 0 aromatic heterocycles. The maximum Gasteiger partial charge on any atom is 0.115 e. The largest absolute Gasteiger partial charge is 0.508 e. The first-order valence-electron chi connectivity index (χ1n) is 8.92. The van der Waals surface area contributed by atoms with Gasteiger partial charge in [0.25, 0.3) is 0 Å². The van der Waals surface area contributed by atoms with E-state index in [0.717, 1.165) is 12.5 Å². The zero-order chi connectivity index (χ0) is 15.2. The number of phenols is 1. The molecule has 1 saturated carbocycles. The van der Waals surface area contributed by atoms with Gasteiger partial charge >= 0.3 is 0 Å². The van der Waals surface area contributed by atoms with Gasteiger partial charge in [-0.1, -0.05) is 31.1 Å². The molecule has 1 heterocycles. The molecule has 0 spiro atoms. The average Bonchev–Trinajstić information content (AvgIpc) is 2.55. The number of phenolic OH excluding ortho intramolecular Hbond substituents is 1. The summed E-state index contributed by atoms with van der Waals surface area (Å²) in [6.45, 7) is 4.43. The van der Waals surface area contributed by atoms with Crippen LogP contribution in [0.5, 0.6) is 5.75 Å². The number of hydrogen-bond acceptors (Lipinski definition) is 2. The first-order chi connectivity index (χ1) is 10.7. The quantitative estimate of drug-likeness (QED) is 0.833. The summed E-state index contributed by atoms with van der Waals surface area (Å²) >= 11 is 0. The summed E-state index contributed by atoms with van der Waals surface area (Å²) in [7, 11) is 0. The van der Waals surface area contributed by atoms with Crippen LogP contribution in [-0.4, -0.2) is 29.1 Å². The fraction of sp³-hybridized carbons (Fsp3) is 0.600. The molecule has 118 valence electrons. The first-order valence-corrected chi connectivity index (χ1v) is 8.92. The van der Waals surface area contributed by atoms with Crippen LogP contribution in [0.25, 0.3) is 0 Å². The highest BCUT2D eigenvalue weighted by Crippen LogP contribution is 2.56. The summed E-state index contributed by atoms with van der Waals surface area (Å²) in [5, 5.41) is 10.0. The zero-order valence-electron chi connectivity index (χ0n) is 13.6. The molecule has 1 N–H and O–H groups in total. The van der Waals surface area contributed by atoms with Gasteiger partial charge in [-0.3, -0.25) is 4.90 Å². The van der Waals surface area contributed by atoms with E-state index in [1.165, 1.54) is 56.2 Å². The summed E-state index contributed by atoms with van der Waals surface area (Å²) in [6, 6.07) is 6.85. The van der Waals surface area contributed by atoms with Gasteiger partial charge < -0.3 is 5.11 Å². The molecule has 4 rings (SSSR count). The molecule has 2 fully saturated rings. The van der Waals surface area contributed by atoms with Gasteiger partial charge in [0.2, 0.25) is 0 Å². The van der Waals surface area contributed by atoms with Crippen molar-refractivity contribution in [1.82, 2.24) is 4.90 Å². The third-order valence-corrected chi connectivity index (χ3v) is 6.51. The van der Waals surface area contributed by atoms with E-state index in [2.05, 4.69) is 36.1 Å². The SMILES string of the molecule is C/C=C/CN1CC[C@]23CCCC[C@H]2[C@@H]1Cc1ccc(O)cc13. The van der Waals surface area contributed by atoms with E-state index in [4.69, 9.17) is 0 Å². The van der Waals surface area contributed by atoms with Crippen molar-refractivity contribution in [2.75, 3.05) is 13.1 Å². The monoisotopic (exact) mass is 297 g/mol. The van der Waals surface area contributed by atoms with Gasteiger partial charge in [-0.2, -0.15) is 0 Å². The maximum atomic E-state index is 10.0. The molecular weight excluding hydrogens is 270 g/mol. The predicted octanol–water partition coefficient (Wildman–Crippen LogP) is 4.03. The molecule has 3 atom stereocenters. The Kier molecular flexibility index (Phi) is 3.53. The van der Waals surface area contributed by atoms with Gasteiger partial charge in [0, 0.05) is 18.0 Å². The molecule has 2 bridgehead atoms. The molecule has 2 heteroatoms. The van der Waals surface area contributed by atoms with E-state index in [1.54, 1.807) is 0 Å². The smallest absolute Gasteiger partial charge is 0.115 e. The average molecular weight is 297 g/mol. The molecule has 3 aliphatic rings. The van der Waals surface area contributed by atoms with E-state index in [9.17, 15) is 5.11 Å². The van der Waals surface area contributed by atoms with E-state index in [-0.39, 0.29) is 0 Å². The van der Waals surface area contributed by atoms with Gasteiger partial charge in [-0.25, -0.2) is 0 Å². The fourth-order valence-corrected chi connectivity index (χ4v) is 5.54. The first kappa shape index (κ1) is 14.3. The highest BCUT2D eigenvalue weighted by molar-refractivity contribution is 5.45. The number of rotatable bonds is 2. The maximum absolute atomic E-state index is 10.0. The second kappa shape index (κ2) is 5.42. The van der Waals surface area contributed by atoms with Gasteiger partial charge in [-0.15, -0.1) is 0 Å². The lowest BCUT2D eigenvalue weighted by atomic mass is 9.52.